The fourth-order valence-electron chi connectivity index (χ4n) is 3.49. The summed E-state index contributed by atoms with van der Waals surface area (Å²) in [5.74, 6) is -0.523. The van der Waals surface area contributed by atoms with Gasteiger partial charge in [-0.3, -0.25) is 5.41 Å². The van der Waals surface area contributed by atoms with Crippen LogP contribution in [-0.4, -0.2) is 29.1 Å². The third-order valence-corrected chi connectivity index (χ3v) is 5.11. The Morgan fingerprint density at radius 3 is 2.50 bits per heavy atom. The second-order valence-corrected chi connectivity index (χ2v) is 6.38. The van der Waals surface area contributed by atoms with Crippen LogP contribution in [0.25, 0.3) is 0 Å². The molecule has 2 aliphatic heterocycles. The van der Waals surface area contributed by atoms with E-state index >= 15 is 0 Å². The van der Waals surface area contributed by atoms with Gasteiger partial charge in [-0.15, -0.1) is 0 Å². The molecule has 0 amide bonds. The van der Waals surface area contributed by atoms with Gasteiger partial charge in [-0.1, -0.05) is 0 Å². The molecule has 0 aromatic heterocycles. The van der Waals surface area contributed by atoms with Gasteiger partial charge in [0.25, 0.3) is 0 Å². The minimum Gasteiger partial charge on any atom is -0.393 e. The van der Waals surface area contributed by atoms with Crippen molar-refractivity contribution in [2.75, 3.05) is 4.90 Å². The van der Waals surface area contributed by atoms with Crippen LogP contribution in [0.15, 0.2) is 16.6 Å². The molecule has 4 N–H and O–H groups in total. The van der Waals surface area contributed by atoms with Crippen LogP contribution in [0.4, 0.5) is 10.1 Å². The number of nitrogens with zero attached hydrogens (tertiary/aromatic N) is 1. The van der Waals surface area contributed by atoms with E-state index in [2.05, 4.69) is 20.8 Å². The van der Waals surface area contributed by atoms with E-state index in [1.165, 1.54) is 0 Å². The first-order chi connectivity index (χ1) is 9.49. The summed E-state index contributed by atoms with van der Waals surface area (Å²) in [6.07, 6.45) is 3.11. The van der Waals surface area contributed by atoms with Crippen molar-refractivity contribution in [1.29, 1.82) is 5.41 Å². The van der Waals surface area contributed by atoms with E-state index in [4.69, 9.17) is 11.1 Å². The molecular formula is C14H17BrFN3O. The molecule has 6 heteroatoms. The van der Waals surface area contributed by atoms with Gasteiger partial charge in [0.2, 0.25) is 0 Å². The SMILES string of the molecule is N=C(N)c1ccc(N2C3CCC2CC(O)C3)c(F)c1Br. The van der Waals surface area contributed by atoms with Crippen molar-refractivity contribution in [1.82, 2.24) is 0 Å². The molecule has 2 saturated heterocycles. The number of anilines is 1. The van der Waals surface area contributed by atoms with Crippen molar-refractivity contribution < 1.29 is 9.50 Å². The molecule has 3 rings (SSSR count). The lowest BCUT2D eigenvalue weighted by molar-refractivity contribution is 0.126. The van der Waals surface area contributed by atoms with Crippen LogP contribution in [0.3, 0.4) is 0 Å². The van der Waals surface area contributed by atoms with Crippen LogP contribution in [0.1, 0.15) is 31.2 Å². The van der Waals surface area contributed by atoms with Crippen molar-refractivity contribution in [3.8, 4) is 0 Å². The number of nitrogen functional groups attached to an aromatic ring is 1. The molecule has 0 aliphatic carbocycles. The van der Waals surface area contributed by atoms with E-state index in [0.29, 0.717) is 24.1 Å². The van der Waals surface area contributed by atoms with Gasteiger partial charge in [-0.25, -0.2) is 4.39 Å². The lowest BCUT2D eigenvalue weighted by Crippen LogP contribution is -2.45. The number of rotatable bonds is 2. The zero-order valence-electron chi connectivity index (χ0n) is 10.9. The first kappa shape index (κ1) is 13.8. The van der Waals surface area contributed by atoms with Crippen LogP contribution < -0.4 is 10.6 Å². The van der Waals surface area contributed by atoms with E-state index in [1.54, 1.807) is 12.1 Å². The number of aliphatic hydroxyl groups is 1. The summed E-state index contributed by atoms with van der Waals surface area (Å²) in [4.78, 5) is 2.09. The Morgan fingerprint density at radius 1 is 1.35 bits per heavy atom. The zero-order chi connectivity index (χ0) is 14.4. The van der Waals surface area contributed by atoms with Crippen molar-refractivity contribution in [2.45, 2.75) is 43.9 Å². The Labute approximate surface area is 125 Å². The first-order valence-electron chi connectivity index (χ1n) is 6.78. The van der Waals surface area contributed by atoms with Gasteiger partial charge >= 0.3 is 0 Å². The average molecular weight is 342 g/mol. The molecule has 4 nitrogen and oxygen atoms in total. The molecule has 0 saturated carbocycles. The van der Waals surface area contributed by atoms with Crippen LogP contribution in [-0.2, 0) is 0 Å². The maximum atomic E-state index is 14.6. The first-order valence-corrected chi connectivity index (χ1v) is 7.57. The van der Waals surface area contributed by atoms with E-state index in [9.17, 15) is 9.50 Å². The third-order valence-electron chi connectivity index (χ3n) is 4.34. The standard InChI is InChI=1S/C14H17BrFN3O/c15-12-10(14(17)18)3-4-11(13(12)16)19-7-1-2-8(19)6-9(20)5-7/h3-4,7-9,20H,1-2,5-6H2,(H3,17,18). The number of hydrogen-bond donors (Lipinski definition) is 3. The van der Waals surface area contributed by atoms with Gasteiger partial charge < -0.3 is 15.7 Å². The number of benzene rings is 1. The second-order valence-electron chi connectivity index (χ2n) is 5.59. The molecule has 2 unspecified atom stereocenters. The molecule has 2 fully saturated rings. The quantitative estimate of drug-likeness (QED) is 0.571. The molecule has 2 aliphatic rings. The van der Waals surface area contributed by atoms with Crippen molar-refractivity contribution >= 4 is 27.5 Å². The fourth-order valence-corrected chi connectivity index (χ4v) is 4.04. The van der Waals surface area contributed by atoms with Crippen molar-refractivity contribution in [2.24, 2.45) is 5.73 Å². The number of nitrogens with two attached hydrogens (primary N) is 1. The molecular weight excluding hydrogens is 325 g/mol. The molecule has 0 spiro atoms. The summed E-state index contributed by atoms with van der Waals surface area (Å²) in [6.45, 7) is 0. The Bertz CT molecular complexity index is 552. The summed E-state index contributed by atoms with van der Waals surface area (Å²) < 4.78 is 14.8. The molecule has 2 heterocycles. The van der Waals surface area contributed by atoms with E-state index < -0.39 is 0 Å². The Morgan fingerprint density at radius 2 is 1.95 bits per heavy atom. The lowest BCUT2D eigenvalue weighted by Gasteiger charge is -2.39. The summed E-state index contributed by atoms with van der Waals surface area (Å²) in [6, 6.07) is 3.77. The highest BCUT2D eigenvalue weighted by Crippen LogP contribution is 2.41. The molecule has 0 radical (unpaired) electrons. The van der Waals surface area contributed by atoms with E-state index in [-0.39, 0.29) is 34.3 Å². The third kappa shape index (κ3) is 2.11. The second kappa shape index (κ2) is 5.00. The van der Waals surface area contributed by atoms with E-state index in [0.717, 1.165) is 12.8 Å². The minimum atomic E-state index is -0.369. The smallest absolute Gasteiger partial charge is 0.161 e. The number of halogens is 2. The predicted octanol–water partition coefficient (Wildman–Crippen LogP) is 2.36. The summed E-state index contributed by atoms with van der Waals surface area (Å²) in [5.41, 5.74) is 6.35. The number of hydrogen-bond acceptors (Lipinski definition) is 3. The van der Waals surface area contributed by atoms with E-state index in [1.807, 2.05) is 0 Å². The highest BCUT2D eigenvalue weighted by atomic mass is 79.9. The fraction of sp³-hybridized carbons (Fsp3) is 0.500. The Kier molecular flexibility index (Phi) is 3.46. The normalized spacial score (nSPS) is 28.8. The number of nitrogens with one attached hydrogen (secondary N) is 1. The predicted molar refractivity (Wildman–Crippen MR) is 79.6 cm³/mol. The molecule has 108 valence electrons. The van der Waals surface area contributed by atoms with Gasteiger partial charge in [-0.05, 0) is 53.7 Å². The Balaban J connectivity index is 2.00. The minimum absolute atomic E-state index is 0.153. The van der Waals surface area contributed by atoms with Crippen molar-refractivity contribution in [3.05, 3.63) is 28.0 Å². The summed E-state index contributed by atoms with van der Waals surface area (Å²) in [5, 5.41) is 17.3. The topological polar surface area (TPSA) is 73.3 Å². The molecule has 20 heavy (non-hydrogen) atoms. The molecule has 2 atom stereocenters. The average Bonchev–Trinajstić information content (AvgIpc) is 2.65. The summed E-state index contributed by atoms with van der Waals surface area (Å²) >= 11 is 3.20. The maximum absolute atomic E-state index is 14.6. The van der Waals surface area contributed by atoms with Gasteiger partial charge in [0.15, 0.2) is 5.82 Å². The van der Waals surface area contributed by atoms with Gasteiger partial charge in [0, 0.05) is 17.6 Å². The van der Waals surface area contributed by atoms with Gasteiger partial charge in [0.05, 0.1) is 16.3 Å². The van der Waals surface area contributed by atoms with Crippen molar-refractivity contribution in [3.63, 3.8) is 0 Å². The monoisotopic (exact) mass is 341 g/mol. The zero-order valence-corrected chi connectivity index (χ0v) is 12.5. The maximum Gasteiger partial charge on any atom is 0.161 e. The number of aliphatic hydroxyl groups excluding tert-OH is 1. The highest BCUT2D eigenvalue weighted by Gasteiger charge is 2.41. The number of piperidine rings is 1. The lowest BCUT2D eigenvalue weighted by atomic mass is 9.98. The van der Waals surface area contributed by atoms with Crippen LogP contribution in [0.2, 0.25) is 0 Å². The molecule has 1 aromatic carbocycles. The molecule has 1 aromatic rings. The van der Waals surface area contributed by atoms with Gasteiger partial charge in [-0.2, -0.15) is 0 Å². The largest absolute Gasteiger partial charge is 0.393 e. The number of fused-ring (bicyclic) bond motifs is 2. The van der Waals surface area contributed by atoms with Crippen LogP contribution in [0, 0.1) is 11.2 Å². The number of amidine groups is 1. The molecule has 2 bridgehead atoms. The summed E-state index contributed by atoms with van der Waals surface area (Å²) in [7, 11) is 0. The van der Waals surface area contributed by atoms with Crippen LogP contribution >= 0.6 is 15.9 Å². The highest BCUT2D eigenvalue weighted by molar-refractivity contribution is 9.10. The Hall–Kier alpha value is -1.14. The van der Waals surface area contributed by atoms with Gasteiger partial charge in [0.1, 0.15) is 5.84 Å². The van der Waals surface area contributed by atoms with Crippen LogP contribution in [0.5, 0.6) is 0 Å².